The molecule has 2 aliphatic rings. The molecule has 0 unspecified atom stereocenters. The van der Waals surface area contributed by atoms with Crippen LogP contribution in [-0.2, 0) is 22.4 Å². The normalized spacial score (nSPS) is 15.5. The second-order valence-corrected chi connectivity index (χ2v) is 15.2. The first-order valence-corrected chi connectivity index (χ1v) is 20.2. The monoisotopic (exact) mass is 758 g/mol. The molecule has 0 aliphatic carbocycles. The third-order valence-corrected chi connectivity index (χ3v) is 10.7. The van der Waals surface area contributed by atoms with Gasteiger partial charge in [-0.25, -0.2) is 4.98 Å². The molecule has 0 atom stereocenters. The Morgan fingerprint density at radius 3 is 1.66 bits per heavy atom. The van der Waals surface area contributed by atoms with Crippen LogP contribution in [0.2, 0.25) is 0 Å². The molecule has 3 N–H and O–H groups in total. The van der Waals surface area contributed by atoms with Crippen LogP contribution in [0.25, 0.3) is 11.0 Å². The molecule has 4 aromatic carbocycles. The quantitative estimate of drug-likeness (QED) is 0.105. The molecule has 3 heterocycles. The molecular formula is C46H58N6O4. The maximum atomic E-state index is 11.5. The summed E-state index contributed by atoms with van der Waals surface area (Å²) in [6.45, 7) is 12.6. The van der Waals surface area contributed by atoms with Crippen molar-refractivity contribution in [2.75, 3.05) is 63.1 Å². The SMILES string of the molecule is CC(=O)Nc1ccc(OCCN2CCC(Cc3ccccc3)CC2)cc1NC(C)=O.Cc1nc2ccc(OCCN3CCC(Cc4ccccc4)CC3)cc2[nH]1. The van der Waals surface area contributed by atoms with Gasteiger partial charge in [0.1, 0.15) is 30.5 Å². The van der Waals surface area contributed by atoms with Gasteiger partial charge in [-0.1, -0.05) is 60.7 Å². The number of benzene rings is 4. The Kier molecular flexibility index (Phi) is 14.9. The number of imidazole rings is 1. The van der Waals surface area contributed by atoms with Crippen molar-refractivity contribution >= 4 is 34.2 Å². The van der Waals surface area contributed by atoms with Gasteiger partial charge >= 0.3 is 0 Å². The summed E-state index contributed by atoms with van der Waals surface area (Å²) < 4.78 is 11.9. The maximum Gasteiger partial charge on any atom is 0.221 e. The predicted molar refractivity (Wildman–Crippen MR) is 225 cm³/mol. The highest BCUT2D eigenvalue weighted by Gasteiger charge is 2.21. The molecule has 5 aromatic rings. The van der Waals surface area contributed by atoms with Crippen LogP contribution in [0, 0.1) is 18.8 Å². The summed E-state index contributed by atoms with van der Waals surface area (Å²) in [5.74, 6) is 3.72. The first-order valence-electron chi connectivity index (χ1n) is 20.2. The van der Waals surface area contributed by atoms with Gasteiger partial charge in [-0.05, 0) is 119 Å². The zero-order valence-electron chi connectivity index (χ0n) is 33.3. The summed E-state index contributed by atoms with van der Waals surface area (Å²) in [5, 5.41) is 5.46. The summed E-state index contributed by atoms with van der Waals surface area (Å²) in [7, 11) is 0. The van der Waals surface area contributed by atoms with Gasteiger partial charge in [0.15, 0.2) is 0 Å². The molecule has 0 saturated carbocycles. The third-order valence-electron chi connectivity index (χ3n) is 10.7. The fourth-order valence-corrected chi connectivity index (χ4v) is 7.72. The average molecular weight is 759 g/mol. The van der Waals surface area contributed by atoms with Gasteiger partial charge in [-0.2, -0.15) is 0 Å². The molecule has 2 saturated heterocycles. The summed E-state index contributed by atoms with van der Waals surface area (Å²) >= 11 is 0. The molecule has 2 fully saturated rings. The molecular weight excluding hydrogens is 701 g/mol. The number of hydrogen-bond acceptors (Lipinski definition) is 7. The van der Waals surface area contributed by atoms with Crippen molar-refractivity contribution in [3.8, 4) is 11.5 Å². The second-order valence-electron chi connectivity index (χ2n) is 15.2. The van der Waals surface area contributed by atoms with Crippen LogP contribution in [0.1, 0.15) is 56.5 Å². The van der Waals surface area contributed by atoms with Crippen LogP contribution < -0.4 is 20.1 Å². The van der Waals surface area contributed by atoms with Crippen LogP contribution in [-0.4, -0.2) is 84.1 Å². The van der Waals surface area contributed by atoms with E-state index in [0.29, 0.717) is 23.7 Å². The summed E-state index contributed by atoms with van der Waals surface area (Å²) in [6.07, 6.45) is 7.38. The zero-order chi connectivity index (χ0) is 39.1. The number of aromatic nitrogens is 2. The zero-order valence-corrected chi connectivity index (χ0v) is 33.3. The first kappa shape index (κ1) is 40.5. The number of aryl methyl sites for hydroxylation is 1. The Labute approximate surface area is 332 Å². The predicted octanol–water partition coefficient (Wildman–Crippen LogP) is 8.14. The molecule has 0 radical (unpaired) electrons. The number of anilines is 2. The number of nitrogens with one attached hydrogen (secondary N) is 3. The minimum Gasteiger partial charge on any atom is -0.492 e. The van der Waals surface area contributed by atoms with Gasteiger partial charge in [0.05, 0.1) is 22.4 Å². The van der Waals surface area contributed by atoms with E-state index in [2.05, 4.69) is 91.1 Å². The number of carbonyl (C=O) groups excluding carboxylic acids is 2. The number of nitrogens with zero attached hydrogens (tertiary/aromatic N) is 3. The van der Waals surface area contributed by atoms with Gasteiger partial charge in [-0.3, -0.25) is 19.4 Å². The molecule has 0 bridgehead atoms. The van der Waals surface area contributed by atoms with Crippen LogP contribution in [0.4, 0.5) is 11.4 Å². The number of ether oxygens (including phenoxy) is 2. The van der Waals surface area contributed by atoms with E-state index < -0.39 is 0 Å². The highest BCUT2D eigenvalue weighted by molar-refractivity contribution is 5.98. The van der Waals surface area contributed by atoms with Crippen molar-refractivity contribution in [1.29, 1.82) is 0 Å². The number of piperidine rings is 2. The standard InChI is InChI=1S/C24H31N3O3.C22H27N3O/c1-18(28)25-23-9-8-22(17-24(23)26-19(2)29)30-15-14-27-12-10-21(11-13-27)16-20-6-4-3-5-7-20;1-17-23-21-8-7-20(16-22(21)24-17)26-14-13-25-11-9-19(10-12-25)15-18-5-3-2-4-6-18/h3-9,17,21H,10-16H2,1-2H3,(H,25,28)(H,26,29);2-8,16,19H,9-15H2,1H3,(H,23,24). The fraction of sp³-hybridized carbons (Fsp3) is 0.413. The third kappa shape index (κ3) is 13.0. The van der Waals surface area contributed by atoms with E-state index in [1.54, 1.807) is 12.1 Å². The van der Waals surface area contributed by atoms with E-state index >= 15 is 0 Å². The first-order chi connectivity index (χ1) is 27.3. The summed E-state index contributed by atoms with van der Waals surface area (Å²) in [4.78, 5) is 35.5. The van der Waals surface area contributed by atoms with E-state index in [0.717, 1.165) is 73.6 Å². The molecule has 0 spiro atoms. The molecule has 2 amide bonds. The van der Waals surface area contributed by atoms with Crippen molar-refractivity contribution in [2.45, 2.75) is 59.3 Å². The maximum absolute atomic E-state index is 11.5. The minimum absolute atomic E-state index is 0.189. The van der Waals surface area contributed by atoms with E-state index in [1.807, 2.05) is 31.2 Å². The van der Waals surface area contributed by atoms with Crippen LogP contribution in [0.3, 0.4) is 0 Å². The van der Waals surface area contributed by atoms with Gasteiger partial charge < -0.3 is 25.1 Å². The molecule has 10 heteroatoms. The number of amides is 2. The molecule has 7 rings (SSSR count). The number of likely N-dealkylation sites (tertiary alicyclic amines) is 2. The number of rotatable bonds is 14. The Morgan fingerprint density at radius 1 is 0.661 bits per heavy atom. The molecule has 10 nitrogen and oxygen atoms in total. The van der Waals surface area contributed by atoms with Crippen molar-refractivity contribution < 1.29 is 19.1 Å². The minimum atomic E-state index is -0.197. The highest BCUT2D eigenvalue weighted by Crippen LogP contribution is 2.28. The van der Waals surface area contributed by atoms with Gasteiger partial charge in [-0.15, -0.1) is 0 Å². The van der Waals surface area contributed by atoms with Gasteiger partial charge in [0.25, 0.3) is 0 Å². The van der Waals surface area contributed by atoms with Crippen LogP contribution in [0.15, 0.2) is 97.1 Å². The van der Waals surface area contributed by atoms with Crippen molar-refractivity contribution in [2.24, 2.45) is 11.8 Å². The average Bonchev–Trinajstić information content (AvgIpc) is 3.57. The Hall–Kier alpha value is -5.19. The topological polar surface area (TPSA) is 112 Å². The lowest BCUT2D eigenvalue weighted by molar-refractivity contribution is -0.115. The Morgan fingerprint density at radius 2 is 1.14 bits per heavy atom. The van der Waals surface area contributed by atoms with Crippen molar-refractivity contribution in [1.82, 2.24) is 19.8 Å². The lowest BCUT2D eigenvalue weighted by Gasteiger charge is -2.32. The van der Waals surface area contributed by atoms with Crippen molar-refractivity contribution in [3.63, 3.8) is 0 Å². The Balaban J connectivity index is 0.000000191. The van der Waals surface area contributed by atoms with Crippen LogP contribution in [0.5, 0.6) is 11.5 Å². The molecule has 296 valence electrons. The van der Waals surface area contributed by atoms with E-state index in [9.17, 15) is 9.59 Å². The number of aromatic amines is 1. The van der Waals surface area contributed by atoms with E-state index in [-0.39, 0.29) is 11.8 Å². The second kappa shape index (κ2) is 20.6. The number of carbonyl (C=O) groups is 2. The largest absolute Gasteiger partial charge is 0.492 e. The molecule has 2 aliphatic heterocycles. The molecule has 1 aromatic heterocycles. The molecule has 56 heavy (non-hydrogen) atoms. The highest BCUT2D eigenvalue weighted by atomic mass is 16.5. The lowest BCUT2D eigenvalue weighted by atomic mass is 9.90. The fourth-order valence-electron chi connectivity index (χ4n) is 7.72. The Bertz CT molecular complexity index is 1970. The summed E-state index contributed by atoms with van der Waals surface area (Å²) in [6, 6.07) is 33.0. The number of hydrogen-bond donors (Lipinski definition) is 3. The van der Waals surface area contributed by atoms with Gasteiger partial charge in [0.2, 0.25) is 11.8 Å². The van der Waals surface area contributed by atoms with E-state index in [4.69, 9.17) is 9.47 Å². The summed E-state index contributed by atoms with van der Waals surface area (Å²) in [5.41, 5.74) is 6.04. The van der Waals surface area contributed by atoms with E-state index in [1.165, 1.54) is 70.2 Å². The van der Waals surface area contributed by atoms with Crippen molar-refractivity contribution in [3.05, 3.63) is 114 Å². The smallest absolute Gasteiger partial charge is 0.221 e. The number of H-pyrrole nitrogens is 1. The number of fused-ring (bicyclic) bond motifs is 1. The lowest BCUT2D eigenvalue weighted by Crippen LogP contribution is -2.37. The van der Waals surface area contributed by atoms with Gasteiger partial charge in [0, 0.05) is 39.1 Å². The van der Waals surface area contributed by atoms with Crippen LogP contribution >= 0.6 is 0 Å².